The van der Waals surface area contributed by atoms with Gasteiger partial charge in [0.05, 0.1) is 16.2 Å². The summed E-state index contributed by atoms with van der Waals surface area (Å²) in [6.07, 6.45) is 2.08. The van der Waals surface area contributed by atoms with Crippen LogP contribution in [0.25, 0.3) is 6.08 Å². The van der Waals surface area contributed by atoms with Crippen molar-refractivity contribution in [1.29, 1.82) is 0 Å². The summed E-state index contributed by atoms with van der Waals surface area (Å²) in [5, 5.41) is 3.88. The summed E-state index contributed by atoms with van der Waals surface area (Å²) in [4.78, 5) is 0. The highest BCUT2D eigenvalue weighted by Crippen LogP contribution is 2.38. The van der Waals surface area contributed by atoms with E-state index in [1.165, 1.54) is 0 Å². The first-order chi connectivity index (χ1) is 10.2. The number of rotatable bonds is 4. The van der Waals surface area contributed by atoms with Crippen LogP contribution in [0.1, 0.15) is 33.3 Å². The van der Waals surface area contributed by atoms with Gasteiger partial charge in [0, 0.05) is 11.0 Å². The molecule has 120 valence electrons. The molecule has 0 bridgehead atoms. The van der Waals surface area contributed by atoms with E-state index in [9.17, 15) is 0 Å². The van der Waals surface area contributed by atoms with E-state index in [4.69, 9.17) is 20.9 Å². The summed E-state index contributed by atoms with van der Waals surface area (Å²) < 4.78 is 13.1. The van der Waals surface area contributed by atoms with Crippen LogP contribution >= 0.6 is 27.5 Å². The summed E-state index contributed by atoms with van der Waals surface area (Å²) in [5.41, 5.74) is 1.42. The fourth-order valence-corrected chi connectivity index (χ4v) is 2.73. The van der Waals surface area contributed by atoms with E-state index >= 15 is 0 Å². The van der Waals surface area contributed by atoms with Gasteiger partial charge in [-0.2, -0.15) is 0 Å². The highest BCUT2D eigenvalue weighted by atomic mass is 79.9. The van der Waals surface area contributed by atoms with E-state index in [0.717, 1.165) is 15.5 Å². The third kappa shape index (κ3) is 3.77. The molecule has 1 N–H and O–H groups in total. The Morgan fingerprint density at radius 1 is 1.27 bits per heavy atom. The largest absolute Gasteiger partial charge is 0.491 e. The SMILES string of the molecule is CNCC(=Cc1ccc(Cl)c(Br)c1)B1OC(C)(C)C(C)(C)O1. The molecular formula is C16H22BBrClNO2. The maximum atomic E-state index is 6.14. The van der Waals surface area contributed by atoms with Crippen molar-refractivity contribution in [3.8, 4) is 0 Å². The summed E-state index contributed by atoms with van der Waals surface area (Å²) in [6.45, 7) is 8.93. The molecule has 0 amide bonds. The lowest BCUT2D eigenvalue weighted by Crippen LogP contribution is -2.41. The van der Waals surface area contributed by atoms with Gasteiger partial charge in [-0.25, -0.2) is 0 Å². The zero-order valence-electron chi connectivity index (χ0n) is 13.7. The van der Waals surface area contributed by atoms with Gasteiger partial charge < -0.3 is 14.6 Å². The lowest BCUT2D eigenvalue weighted by atomic mass is 9.77. The molecule has 0 aliphatic carbocycles. The van der Waals surface area contributed by atoms with Crippen LogP contribution in [0.5, 0.6) is 0 Å². The molecule has 1 saturated heterocycles. The molecule has 6 heteroatoms. The second-order valence-electron chi connectivity index (χ2n) is 6.51. The van der Waals surface area contributed by atoms with Crippen molar-refractivity contribution in [2.24, 2.45) is 0 Å². The smallest absolute Gasteiger partial charge is 0.400 e. The fraction of sp³-hybridized carbons (Fsp3) is 0.500. The molecule has 2 rings (SSSR count). The van der Waals surface area contributed by atoms with E-state index in [2.05, 4.69) is 55.0 Å². The van der Waals surface area contributed by atoms with Crippen LogP contribution in [0.3, 0.4) is 0 Å². The molecule has 0 saturated carbocycles. The van der Waals surface area contributed by atoms with E-state index in [1.54, 1.807) is 0 Å². The molecule has 3 nitrogen and oxygen atoms in total. The van der Waals surface area contributed by atoms with Crippen LogP contribution in [0.2, 0.25) is 5.02 Å². The molecule has 0 radical (unpaired) electrons. The molecule has 1 fully saturated rings. The molecule has 1 aromatic rings. The molecule has 1 aliphatic heterocycles. The van der Waals surface area contributed by atoms with Gasteiger partial charge in [0.1, 0.15) is 0 Å². The standard InChI is InChI=1S/C16H22BBrClNO2/c1-15(2)16(3,4)22-17(21-15)12(10-20-5)8-11-6-7-14(19)13(18)9-11/h6-9,20H,10H2,1-5H3. The van der Waals surface area contributed by atoms with E-state index in [-0.39, 0.29) is 18.3 Å². The normalized spacial score (nSPS) is 20.5. The van der Waals surface area contributed by atoms with Crippen LogP contribution in [0.4, 0.5) is 0 Å². The van der Waals surface area contributed by atoms with Gasteiger partial charge >= 0.3 is 7.12 Å². The van der Waals surface area contributed by atoms with Gasteiger partial charge in [-0.15, -0.1) is 0 Å². The average Bonchev–Trinajstić information content (AvgIpc) is 2.62. The van der Waals surface area contributed by atoms with E-state index in [1.807, 2.05) is 25.2 Å². The monoisotopic (exact) mass is 385 g/mol. The van der Waals surface area contributed by atoms with Gasteiger partial charge in [-0.3, -0.25) is 0 Å². The lowest BCUT2D eigenvalue weighted by molar-refractivity contribution is 0.00578. The Bertz CT molecular complexity index is 574. The van der Waals surface area contributed by atoms with Crippen molar-refractivity contribution in [2.45, 2.75) is 38.9 Å². The van der Waals surface area contributed by atoms with Crippen LogP contribution in [0.15, 0.2) is 28.1 Å². The number of halogens is 2. The summed E-state index contributed by atoms with van der Waals surface area (Å²) >= 11 is 9.51. The average molecular weight is 387 g/mol. The van der Waals surface area contributed by atoms with Crippen LogP contribution in [0, 0.1) is 0 Å². The third-order valence-corrected chi connectivity index (χ3v) is 5.45. The molecule has 0 atom stereocenters. The molecule has 0 unspecified atom stereocenters. The molecule has 1 aliphatic rings. The minimum absolute atomic E-state index is 0.342. The van der Waals surface area contributed by atoms with Crippen molar-refractivity contribution in [2.75, 3.05) is 13.6 Å². The maximum Gasteiger partial charge on any atom is 0.491 e. The van der Waals surface area contributed by atoms with Crippen LogP contribution < -0.4 is 5.32 Å². The Morgan fingerprint density at radius 3 is 2.36 bits per heavy atom. The molecule has 1 aromatic carbocycles. The number of likely N-dealkylation sites (N-methyl/N-ethyl adjacent to an activating group) is 1. The Labute approximate surface area is 146 Å². The topological polar surface area (TPSA) is 30.5 Å². The second kappa shape index (κ2) is 6.66. The molecule has 1 heterocycles. The zero-order valence-corrected chi connectivity index (χ0v) is 16.0. The number of nitrogens with one attached hydrogen (secondary N) is 1. The Balaban J connectivity index is 2.31. The highest BCUT2D eigenvalue weighted by molar-refractivity contribution is 9.10. The minimum Gasteiger partial charge on any atom is -0.400 e. The number of hydrogen-bond acceptors (Lipinski definition) is 3. The fourth-order valence-electron chi connectivity index (χ4n) is 2.22. The van der Waals surface area contributed by atoms with Crippen molar-refractivity contribution in [3.05, 3.63) is 38.7 Å². The molecule has 22 heavy (non-hydrogen) atoms. The number of hydrogen-bond donors (Lipinski definition) is 1. The van der Waals surface area contributed by atoms with Gasteiger partial charge in [0.15, 0.2) is 0 Å². The first kappa shape index (κ1) is 18.0. The Hall–Kier alpha value is -0.325. The Kier molecular flexibility index (Phi) is 5.45. The number of benzene rings is 1. The van der Waals surface area contributed by atoms with Crippen molar-refractivity contribution < 1.29 is 9.31 Å². The van der Waals surface area contributed by atoms with Crippen LogP contribution in [-0.4, -0.2) is 31.9 Å². The maximum absolute atomic E-state index is 6.14. The van der Waals surface area contributed by atoms with Crippen molar-refractivity contribution in [3.63, 3.8) is 0 Å². The predicted molar refractivity (Wildman–Crippen MR) is 97.1 cm³/mol. The lowest BCUT2D eigenvalue weighted by Gasteiger charge is -2.32. The molecular weight excluding hydrogens is 364 g/mol. The third-order valence-electron chi connectivity index (χ3n) is 4.23. The van der Waals surface area contributed by atoms with E-state index in [0.29, 0.717) is 11.6 Å². The van der Waals surface area contributed by atoms with Crippen molar-refractivity contribution in [1.82, 2.24) is 5.32 Å². The zero-order chi connectivity index (χ0) is 16.5. The molecule has 0 spiro atoms. The van der Waals surface area contributed by atoms with Crippen LogP contribution in [-0.2, 0) is 9.31 Å². The first-order valence-corrected chi connectivity index (χ1v) is 8.49. The first-order valence-electron chi connectivity index (χ1n) is 7.32. The van der Waals surface area contributed by atoms with Crippen molar-refractivity contribution >= 4 is 40.7 Å². The predicted octanol–water partition coefficient (Wildman–Crippen LogP) is 4.34. The summed E-state index contributed by atoms with van der Waals surface area (Å²) in [5.74, 6) is 0. The van der Waals surface area contributed by atoms with Gasteiger partial charge in [0.2, 0.25) is 0 Å². The van der Waals surface area contributed by atoms with E-state index < -0.39 is 0 Å². The van der Waals surface area contributed by atoms with Gasteiger partial charge in [-0.1, -0.05) is 23.7 Å². The van der Waals surface area contributed by atoms with Gasteiger partial charge in [-0.05, 0) is 73.8 Å². The van der Waals surface area contributed by atoms with Gasteiger partial charge in [0.25, 0.3) is 0 Å². The molecule has 0 aromatic heterocycles. The Morgan fingerprint density at radius 2 is 1.86 bits per heavy atom. The quantitative estimate of drug-likeness (QED) is 0.781. The summed E-state index contributed by atoms with van der Waals surface area (Å²) in [6, 6.07) is 5.84. The second-order valence-corrected chi connectivity index (χ2v) is 7.77. The summed E-state index contributed by atoms with van der Waals surface area (Å²) in [7, 11) is 1.56. The highest BCUT2D eigenvalue weighted by Gasteiger charge is 2.52. The minimum atomic E-state index is -0.355.